The molecule has 134 valence electrons. The molecule has 1 aromatic carbocycles. The van der Waals surface area contributed by atoms with Gasteiger partial charge < -0.3 is 15.0 Å². The maximum atomic E-state index is 13.7. The molecule has 0 saturated carbocycles. The number of hydrogen-bond donors (Lipinski definition) is 1. The zero-order chi connectivity index (χ0) is 17.8. The standard InChI is InChI=1S/C18H24FN5O/c1-13-4-5-14(8-16(13)19)9-21-18(20-2)24-6-7-25-17(12-24)15-10-22-23(3)11-15/h4-5,8,10-11,17H,6-7,9,12H2,1-3H3,(H,20,21). The molecule has 1 aromatic heterocycles. The number of rotatable bonds is 3. The van der Waals surface area contributed by atoms with Crippen LogP contribution < -0.4 is 5.32 Å². The van der Waals surface area contributed by atoms with Gasteiger partial charge in [-0.15, -0.1) is 0 Å². The molecule has 0 bridgehead atoms. The van der Waals surface area contributed by atoms with Crippen molar-refractivity contribution in [1.29, 1.82) is 0 Å². The third kappa shape index (κ3) is 4.17. The number of benzene rings is 1. The van der Waals surface area contributed by atoms with E-state index in [0.29, 0.717) is 25.3 Å². The number of ether oxygens (including phenoxy) is 1. The number of aryl methyl sites for hydroxylation is 2. The van der Waals surface area contributed by atoms with Gasteiger partial charge in [0.15, 0.2) is 5.96 Å². The number of aliphatic imine (C=N–C) groups is 1. The molecule has 1 saturated heterocycles. The van der Waals surface area contributed by atoms with Gasteiger partial charge in [-0.25, -0.2) is 4.39 Å². The molecule has 1 aliphatic heterocycles. The highest BCUT2D eigenvalue weighted by atomic mass is 19.1. The first-order valence-electron chi connectivity index (χ1n) is 8.37. The van der Waals surface area contributed by atoms with E-state index in [0.717, 1.165) is 23.6 Å². The lowest BCUT2D eigenvalue weighted by atomic mass is 10.1. The van der Waals surface area contributed by atoms with Crippen molar-refractivity contribution in [3.05, 3.63) is 53.1 Å². The van der Waals surface area contributed by atoms with Crippen molar-refractivity contribution < 1.29 is 9.13 Å². The average molecular weight is 345 g/mol. The molecule has 0 amide bonds. The fourth-order valence-electron chi connectivity index (χ4n) is 2.91. The summed E-state index contributed by atoms with van der Waals surface area (Å²) in [5.74, 6) is 0.607. The number of hydrogen-bond acceptors (Lipinski definition) is 3. The van der Waals surface area contributed by atoms with E-state index in [4.69, 9.17) is 4.74 Å². The maximum absolute atomic E-state index is 13.7. The van der Waals surface area contributed by atoms with Crippen molar-refractivity contribution >= 4 is 5.96 Å². The first-order valence-corrected chi connectivity index (χ1v) is 8.37. The Morgan fingerprint density at radius 1 is 1.48 bits per heavy atom. The van der Waals surface area contributed by atoms with Crippen molar-refractivity contribution in [2.24, 2.45) is 12.0 Å². The van der Waals surface area contributed by atoms with Crippen molar-refractivity contribution in [2.75, 3.05) is 26.7 Å². The van der Waals surface area contributed by atoms with Crippen LogP contribution in [0.3, 0.4) is 0 Å². The molecule has 3 rings (SSSR count). The van der Waals surface area contributed by atoms with Gasteiger partial charge in [-0.2, -0.15) is 5.10 Å². The van der Waals surface area contributed by atoms with Crippen LogP contribution in [0.15, 0.2) is 35.6 Å². The highest BCUT2D eigenvalue weighted by molar-refractivity contribution is 5.80. The van der Waals surface area contributed by atoms with Gasteiger partial charge in [-0.1, -0.05) is 12.1 Å². The van der Waals surface area contributed by atoms with Crippen LogP contribution in [-0.2, 0) is 18.3 Å². The summed E-state index contributed by atoms with van der Waals surface area (Å²) in [6, 6.07) is 5.28. The van der Waals surface area contributed by atoms with Crippen LogP contribution >= 0.6 is 0 Å². The molecule has 0 radical (unpaired) electrons. The predicted molar refractivity (Wildman–Crippen MR) is 94.8 cm³/mol. The van der Waals surface area contributed by atoms with Gasteiger partial charge in [0.05, 0.1) is 19.3 Å². The summed E-state index contributed by atoms with van der Waals surface area (Å²) in [7, 11) is 3.65. The Morgan fingerprint density at radius 2 is 2.32 bits per heavy atom. The summed E-state index contributed by atoms with van der Waals surface area (Å²) in [5, 5.41) is 7.52. The highest BCUT2D eigenvalue weighted by Crippen LogP contribution is 2.21. The molecule has 0 aliphatic carbocycles. The molecule has 25 heavy (non-hydrogen) atoms. The minimum atomic E-state index is -0.183. The Labute approximate surface area is 147 Å². The number of morpholine rings is 1. The van der Waals surface area contributed by atoms with Crippen LogP contribution in [0.5, 0.6) is 0 Å². The number of guanidine groups is 1. The molecule has 6 nitrogen and oxygen atoms in total. The summed E-state index contributed by atoms with van der Waals surface area (Å²) in [6.45, 7) is 4.38. The molecular weight excluding hydrogens is 321 g/mol. The first-order chi connectivity index (χ1) is 12.1. The second kappa shape index (κ2) is 7.65. The average Bonchev–Trinajstić information content (AvgIpc) is 3.05. The Kier molecular flexibility index (Phi) is 5.33. The minimum Gasteiger partial charge on any atom is -0.370 e. The molecule has 1 N–H and O–H groups in total. The van der Waals surface area contributed by atoms with Crippen LogP contribution in [0.2, 0.25) is 0 Å². The van der Waals surface area contributed by atoms with E-state index < -0.39 is 0 Å². The van der Waals surface area contributed by atoms with E-state index >= 15 is 0 Å². The van der Waals surface area contributed by atoms with Crippen molar-refractivity contribution in [1.82, 2.24) is 20.0 Å². The highest BCUT2D eigenvalue weighted by Gasteiger charge is 2.25. The van der Waals surface area contributed by atoms with E-state index in [1.165, 1.54) is 0 Å². The number of nitrogens with zero attached hydrogens (tertiary/aromatic N) is 4. The van der Waals surface area contributed by atoms with Crippen LogP contribution in [0.25, 0.3) is 0 Å². The van der Waals surface area contributed by atoms with Gasteiger partial charge in [0.1, 0.15) is 11.9 Å². The van der Waals surface area contributed by atoms with Crippen LogP contribution in [0.4, 0.5) is 4.39 Å². The molecule has 1 aliphatic rings. The minimum absolute atomic E-state index is 0.0298. The SMILES string of the molecule is CN=C(NCc1ccc(C)c(F)c1)N1CCOC(c2cnn(C)c2)C1. The quantitative estimate of drug-likeness (QED) is 0.683. The summed E-state index contributed by atoms with van der Waals surface area (Å²) in [6.07, 6.45) is 3.77. The van der Waals surface area contributed by atoms with Gasteiger partial charge in [-0.3, -0.25) is 9.67 Å². The molecule has 1 unspecified atom stereocenters. The number of halogens is 1. The second-order valence-electron chi connectivity index (χ2n) is 6.24. The van der Waals surface area contributed by atoms with Gasteiger partial charge in [-0.05, 0) is 24.1 Å². The predicted octanol–water partition coefficient (Wildman–Crippen LogP) is 2.02. The molecular formula is C18H24FN5O. The van der Waals surface area contributed by atoms with E-state index in [2.05, 4.69) is 20.3 Å². The lowest BCUT2D eigenvalue weighted by Crippen LogP contribution is -2.47. The van der Waals surface area contributed by atoms with Crippen LogP contribution in [0.1, 0.15) is 22.8 Å². The fraction of sp³-hybridized carbons (Fsp3) is 0.444. The lowest BCUT2D eigenvalue weighted by molar-refractivity contribution is -0.00805. The number of aromatic nitrogens is 2. The van der Waals surface area contributed by atoms with E-state index in [9.17, 15) is 4.39 Å². The van der Waals surface area contributed by atoms with Gasteiger partial charge >= 0.3 is 0 Å². The summed E-state index contributed by atoms with van der Waals surface area (Å²) >= 11 is 0. The van der Waals surface area contributed by atoms with E-state index in [1.54, 1.807) is 30.8 Å². The summed E-state index contributed by atoms with van der Waals surface area (Å²) in [5.41, 5.74) is 2.60. The Hall–Kier alpha value is -2.41. The smallest absolute Gasteiger partial charge is 0.194 e. The number of nitrogens with one attached hydrogen (secondary N) is 1. The Balaban J connectivity index is 1.63. The first kappa shape index (κ1) is 17.4. The third-order valence-corrected chi connectivity index (χ3v) is 4.36. The van der Waals surface area contributed by atoms with Gasteiger partial charge in [0, 0.05) is 38.9 Å². The molecule has 7 heteroatoms. The lowest BCUT2D eigenvalue weighted by Gasteiger charge is -2.34. The fourth-order valence-corrected chi connectivity index (χ4v) is 2.91. The largest absolute Gasteiger partial charge is 0.370 e. The van der Waals surface area contributed by atoms with Gasteiger partial charge in [0.2, 0.25) is 0 Å². The summed E-state index contributed by atoms with van der Waals surface area (Å²) < 4.78 is 21.3. The Morgan fingerprint density at radius 3 is 3.00 bits per heavy atom. The molecule has 1 fully saturated rings. The van der Waals surface area contributed by atoms with Crippen molar-refractivity contribution in [2.45, 2.75) is 19.6 Å². The molecule has 1 atom stereocenters. The van der Waals surface area contributed by atoms with Crippen molar-refractivity contribution in [3.63, 3.8) is 0 Å². The van der Waals surface area contributed by atoms with Gasteiger partial charge in [0.25, 0.3) is 0 Å². The summed E-state index contributed by atoms with van der Waals surface area (Å²) in [4.78, 5) is 6.52. The second-order valence-corrected chi connectivity index (χ2v) is 6.24. The van der Waals surface area contributed by atoms with E-state index in [1.807, 2.05) is 25.5 Å². The van der Waals surface area contributed by atoms with Crippen molar-refractivity contribution in [3.8, 4) is 0 Å². The topological polar surface area (TPSA) is 54.7 Å². The monoisotopic (exact) mass is 345 g/mol. The Bertz CT molecular complexity index is 758. The molecule has 2 heterocycles. The molecule has 0 spiro atoms. The maximum Gasteiger partial charge on any atom is 0.194 e. The van der Waals surface area contributed by atoms with Crippen LogP contribution in [-0.4, -0.2) is 47.4 Å². The third-order valence-electron chi connectivity index (χ3n) is 4.36. The molecule has 2 aromatic rings. The normalized spacial score (nSPS) is 18.5. The zero-order valence-electron chi connectivity index (χ0n) is 14.9. The van der Waals surface area contributed by atoms with Crippen LogP contribution in [0, 0.1) is 12.7 Å². The zero-order valence-corrected chi connectivity index (χ0v) is 14.9. The van der Waals surface area contributed by atoms with E-state index in [-0.39, 0.29) is 11.9 Å².